The highest BCUT2D eigenvalue weighted by Gasteiger charge is 2.20. The largest absolute Gasteiger partial charge is 0.673 e. The van der Waals surface area contributed by atoms with E-state index in [2.05, 4.69) is 0 Å². The Kier molecular flexibility index (Phi) is 4.31. The summed E-state index contributed by atoms with van der Waals surface area (Å²) >= 11 is 0. The number of rotatable bonds is 1. The molecule has 2 nitrogen and oxygen atoms in total. The number of halogens is 4. The Labute approximate surface area is 95.6 Å². The summed E-state index contributed by atoms with van der Waals surface area (Å²) in [6.45, 7) is 0. The molecule has 0 unspecified atom stereocenters. The minimum Gasteiger partial charge on any atom is -0.418 e. The van der Waals surface area contributed by atoms with Gasteiger partial charge in [0.25, 0.3) is 0 Å². The SMILES string of the molecule is C[n+]1ccc(-c2ccccc2)o1.F[B-](F)(F)F. The van der Waals surface area contributed by atoms with Gasteiger partial charge in [0.2, 0.25) is 12.0 Å². The summed E-state index contributed by atoms with van der Waals surface area (Å²) < 4.78 is 46.1. The van der Waals surface area contributed by atoms with E-state index in [-0.39, 0.29) is 0 Å². The smallest absolute Gasteiger partial charge is 0.418 e. The maximum Gasteiger partial charge on any atom is 0.673 e. The van der Waals surface area contributed by atoms with Crippen LogP contribution in [0.2, 0.25) is 0 Å². The number of hydrogen-bond acceptors (Lipinski definition) is 1. The van der Waals surface area contributed by atoms with Crippen molar-refractivity contribution in [1.82, 2.24) is 0 Å². The number of nitrogens with zero attached hydrogens (tertiary/aromatic N) is 1. The molecule has 7 heteroatoms. The fourth-order valence-electron chi connectivity index (χ4n) is 1.14. The summed E-state index contributed by atoms with van der Waals surface area (Å²) in [5.41, 5.74) is 1.11. The summed E-state index contributed by atoms with van der Waals surface area (Å²) in [5.74, 6) is 0.901. The summed E-state index contributed by atoms with van der Waals surface area (Å²) in [4.78, 5) is 0. The Morgan fingerprint density at radius 1 is 1.00 bits per heavy atom. The van der Waals surface area contributed by atoms with Gasteiger partial charge in [0.05, 0.1) is 6.07 Å². The number of benzene rings is 1. The highest BCUT2D eigenvalue weighted by atomic mass is 19.5. The van der Waals surface area contributed by atoms with Crippen LogP contribution in [0.3, 0.4) is 0 Å². The molecule has 0 N–H and O–H groups in total. The molecule has 0 aliphatic rings. The Morgan fingerprint density at radius 2 is 1.53 bits per heavy atom. The van der Waals surface area contributed by atoms with E-state index in [9.17, 15) is 17.3 Å². The molecule has 0 saturated carbocycles. The second-order valence-electron chi connectivity index (χ2n) is 3.18. The first kappa shape index (κ1) is 13.3. The zero-order valence-corrected chi connectivity index (χ0v) is 8.99. The van der Waals surface area contributed by atoms with Gasteiger partial charge in [-0.1, -0.05) is 30.3 Å². The Balaban J connectivity index is 0.000000249. The molecule has 1 heterocycles. The van der Waals surface area contributed by atoms with Gasteiger partial charge < -0.3 is 17.3 Å². The Morgan fingerprint density at radius 3 is 1.94 bits per heavy atom. The minimum absolute atomic E-state index is 0.901. The van der Waals surface area contributed by atoms with Crippen LogP contribution in [-0.2, 0) is 7.05 Å². The zero-order chi connectivity index (χ0) is 12.9. The van der Waals surface area contributed by atoms with Crippen molar-refractivity contribution in [2.24, 2.45) is 7.05 Å². The molecule has 0 atom stereocenters. The van der Waals surface area contributed by atoms with Crippen LogP contribution >= 0.6 is 0 Å². The van der Waals surface area contributed by atoms with Crippen molar-refractivity contribution in [3.63, 3.8) is 0 Å². The zero-order valence-electron chi connectivity index (χ0n) is 8.99. The van der Waals surface area contributed by atoms with Gasteiger partial charge in [0.15, 0.2) is 7.05 Å². The van der Waals surface area contributed by atoms with Crippen molar-refractivity contribution >= 4 is 7.25 Å². The molecule has 2 rings (SSSR count). The predicted molar refractivity (Wildman–Crippen MR) is 55.5 cm³/mol. The molecule has 0 saturated heterocycles. The van der Waals surface area contributed by atoms with Crippen molar-refractivity contribution in [2.75, 3.05) is 0 Å². The first-order valence-corrected chi connectivity index (χ1v) is 4.75. The molecule has 1 aromatic heterocycles. The van der Waals surface area contributed by atoms with Crippen molar-refractivity contribution in [3.8, 4) is 11.3 Å². The van der Waals surface area contributed by atoms with Crippen molar-refractivity contribution in [2.45, 2.75) is 0 Å². The van der Waals surface area contributed by atoms with Gasteiger partial charge >= 0.3 is 7.25 Å². The Bertz CT molecular complexity index is 449. The van der Waals surface area contributed by atoms with Crippen LogP contribution in [0, 0.1) is 0 Å². The molecule has 0 radical (unpaired) electrons. The van der Waals surface area contributed by atoms with Gasteiger partial charge in [-0.25, -0.2) is 4.52 Å². The standard InChI is InChI=1S/C10H10NO.BF4/c1-11-8-7-10(12-11)9-5-3-2-4-6-9;2-1(3,4)5/h2-8H,1H3;/q+1;-1. The number of aryl methyl sites for hydroxylation is 1. The van der Waals surface area contributed by atoms with Crippen LogP contribution in [0.1, 0.15) is 0 Å². The van der Waals surface area contributed by atoms with E-state index in [0.717, 1.165) is 11.3 Å². The normalized spacial score (nSPS) is 10.6. The molecule has 2 aromatic rings. The van der Waals surface area contributed by atoms with Gasteiger partial charge in [-0.3, -0.25) is 0 Å². The fraction of sp³-hybridized carbons (Fsp3) is 0.100. The molecule has 0 fully saturated rings. The molecular weight excluding hydrogens is 237 g/mol. The summed E-state index contributed by atoms with van der Waals surface area (Å²) in [6.07, 6.45) is 1.89. The molecule has 1 aromatic carbocycles. The number of hydrogen-bond donors (Lipinski definition) is 0. The topological polar surface area (TPSA) is 17.0 Å². The lowest BCUT2D eigenvalue weighted by Gasteiger charge is -1.94. The van der Waals surface area contributed by atoms with Gasteiger partial charge in [-0.2, -0.15) is 0 Å². The highest BCUT2D eigenvalue weighted by Crippen LogP contribution is 2.15. The lowest BCUT2D eigenvalue weighted by Crippen LogP contribution is -2.22. The summed E-state index contributed by atoms with van der Waals surface area (Å²) in [5, 5.41) is 0. The van der Waals surface area contributed by atoms with E-state index < -0.39 is 7.25 Å². The second-order valence-corrected chi connectivity index (χ2v) is 3.18. The minimum atomic E-state index is -6.00. The molecule has 0 amide bonds. The van der Waals surface area contributed by atoms with E-state index in [1.807, 2.05) is 49.6 Å². The van der Waals surface area contributed by atoms with Crippen molar-refractivity contribution in [1.29, 1.82) is 0 Å². The Hall–Kier alpha value is -1.79. The van der Waals surface area contributed by atoms with Crippen LogP contribution in [-0.4, -0.2) is 7.25 Å². The fourth-order valence-corrected chi connectivity index (χ4v) is 1.14. The van der Waals surface area contributed by atoms with E-state index in [1.165, 1.54) is 0 Å². The molecule has 0 aliphatic carbocycles. The molecule has 0 bridgehead atoms. The predicted octanol–water partition coefficient (Wildman–Crippen LogP) is 3.07. The quantitative estimate of drug-likeness (QED) is 0.430. The van der Waals surface area contributed by atoms with Gasteiger partial charge in [0, 0.05) is 5.56 Å². The third-order valence-corrected chi connectivity index (χ3v) is 1.74. The van der Waals surface area contributed by atoms with Gasteiger partial charge in [0.1, 0.15) is 0 Å². The molecule has 0 spiro atoms. The van der Waals surface area contributed by atoms with Crippen LogP contribution in [0.25, 0.3) is 11.3 Å². The maximum atomic E-state index is 9.75. The molecular formula is C10H10BF4NO. The monoisotopic (exact) mass is 247 g/mol. The molecule has 92 valence electrons. The number of aromatic nitrogens is 1. The van der Waals surface area contributed by atoms with Crippen LogP contribution in [0.15, 0.2) is 47.1 Å². The van der Waals surface area contributed by atoms with Crippen molar-refractivity contribution in [3.05, 3.63) is 42.6 Å². The van der Waals surface area contributed by atoms with E-state index in [0.29, 0.717) is 0 Å². The van der Waals surface area contributed by atoms with E-state index >= 15 is 0 Å². The average Bonchev–Trinajstić information content (AvgIpc) is 2.64. The lowest BCUT2D eigenvalue weighted by atomic mass is 10.2. The van der Waals surface area contributed by atoms with Gasteiger partial charge in [-0.05, 0) is 4.74 Å². The average molecular weight is 247 g/mol. The first-order valence-electron chi connectivity index (χ1n) is 4.75. The van der Waals surface area contributed by atoms with E-state index in [1.54, 1.807) is 4.74 Å². The maximum absolute atomic E-state index is 9.75. The van der Waals surface area contributed by atoms with Crippen LogP contribution in [0.5, 0.6) is 0 Å². The lowest BCUT2D eigenvalue weighted by molar-refractivity contribution is -0.843. The van der Waals surface area contributed by atoms with Crippen molar-refractivity contribution < 1.29 is 26.5 Å². The molecule has 17 heavy (non-hydrogen) atoms. The second kappa shape index (κ2) is 5.52. The van der Waals surface area contributed by atoms with Gasteiger partial charge in [-0.15, -0.1) is 0 Å². The first-order chi connectivity index (χ1) is 7.86. The summed E-state index contributed by atoms with van der Waals surface area (Å²) in [7, 11) is -4.13. The van der Waals surface area contributed by atoms with Crippen LogP contribution < -0.4 is 4.74 Å². The van der Waals surface area contributed by atoms with E-state index in [4.69, 9.17) is 4.52 Å². The third-order valence-electron chi connectivity index (χ3n) is 1.74. The van der Waals surface area contributed by atoms with Crippen LogP contribution in [0.4, 0.5) is 17.3 Å². The third kappa shape index (κ3) is 5.74. The summed E-state index contributed by atoms with van der Waals surface area (Å²) in [6, 6.07) is 12.0. The highest BCUT2D eigenvalue weighted by molar-refractivity contribution is 6.50. The molecule has 0 aliphatic heterocycles.